The molecular formula is C25H27BrN4O3. The van der Waals surface area contributed by atoms with Crippen molar-refractivity contribution in [3.05, 3.63) is 58.1 Å². The Kier molecular flexibility index (Phi) is 5.53. The van der Waals surface area contributed by atoms with E-state index in [-0.39, 0.29) is 17.9 Å². The highest BCUT2D eigenvalue weighted by Gasteiger charge is 2.59. The van der Waals surface area contributed by atoms with E-state index in [1.807, 2.05) is 6.92 Å². The first-order chi connectivity index (χ1) is 15.8. The maximum absolute atomic E-state index is 14.1. The zero-order valence-electron chi connectivity index (χ0n) is 19.0. The summed E-state index contributed by atoms with van der Waals surface area (Å²) in [5, 5.41) is 6.28. The molecule has 5 rings (SSSR count). The van der Waals surface area contributed by atoms with E-state index in [9.17, 15) is 9.59 Å². The molecule has 1 saturated heterocycles. The van der Waals surface area contributed by atoms with Crippen LogP contribution in [0.5, 0.6) is 0 Å². The van der Waals surface area contributed by atoms with Gasteiger partial charge in [0, 0.05) is 29.8 Å². The monoisotopic (exact) mass is 510 g/mol. The van der Waals surface area contributed by atoms with Crippen LogP contribution in [0, 0.1) is 5.41 Å². The average molecular weight is 511 g/mol. The van der Waals surface area contributed by atoms with E-state index in [4.69, 9.17) is 9.84 Å². The number of carbonyl (C=O) groups is 2. The zero-order valence-corrected chi connectivity index (χ0v) is 20.6. The number of amides is 1. The Morgan fingerprint density at radius 2 is 1.97 bits per heavy atom. The van der Waals surface area contributed by atoms with Crippen LogP contribution in [0.15, 0.2) is 52.0 Å². The van der Waals surface area contributed by atoms with Gasteiger partial charge in [-0.25, -0.2) is 4.79 Å². The molecule has 3 heterocycles. The molecule has 33 heavy (non-hydrogen) atoms. The topological polar surface area (TPSA) is 65.5 Å². The second kappa shape index (κ2) is 8.25. The predicted molar refractivity (Wildman–Crippen MR) is 132 cm³/mol. The van der Waals surface area contributed by atoms with Crippen LogP contribution in [-0.2, 0) is 16.0 Å². The number of hydrogen-bond acceptors (Lipinski definition) is 6. The third-order valence-electron chi connectivity index (χ3n) is 7.07. The van der Waals surface area contributed by atoms with E-state index >= 15 is 0 Å². The largest absolute Gasteiger partial charge is 0.462 e. The number of anilines is 2. The van der Waals surface area contributed by atoms with Crippen molar-refractivity contribution in [2.75, 3.05) is 43.2 Å². The number of ether oxygens (including phenoxy) is 1. The van der Waals surface area contributed by atoms with Crippen LogP contribution in [0.2, 0.25) is 0 Å². The number of hydrazone groups is 1. The second-order valence-corrected chi connectivity index (χ2v) is 9.88. The summed E-state index contributed by atoms with van der Waals surface area (Å²) in [5.41, 5.74) is 3.58. The van der Waals surface area contributed by atoms with Crippen LogP contribution in [0.4, 0.5) is 11.4 Å². The third kappa shape index (κ3) is 3.47. The molecule has 3 aliphatic heterocycles. The van der Waals surface area contributed by atoms with E-state index in [2.05, 4.69) is 51.0 Å². The Balaban J connectivity index is 1.54. The van der Waals surface area contributed by atoms with Gasteiger partial charge in [-0.2, -0.15) is 10.1 Å². The van der Waals surface area contributed by atoms with Gasteiger partial charge in [-0.15, -0.1) is 0 Å². The quantitative estimate of drug-likeness (QED) is 0.588. The summed E-state index contributed by atoms with van der Waals surface area (Å²) < 4.78 is 6.08. The van der Waals surface area contributed by atoms with Gasteiger partial charge in [0.1, 0.15) is 5.41 Å². The number of hydrogen-bond donors (Lipinski definition) is 0. The lowest BCUT2D eigenvalue weighted by atomic mass is 9.67. The molecule has 172 valence electrons. The number of halogens is 1. The van der Waals surface area contributed by atoms with Crippen LogP contribution >= 0.6 is 15.9 Å². The molecule has 0 aromatic heterocycles. The minimum absolute atomic E-state index is 0.00461. The van der Waals surface area contributed by atoms with Gasteiger partial charge in [-0.1, -0.05) is 15.9 Å². The molecule has 2 atom stereocenters. The number of benzene rings is 2. The first kappa shape index (κ1) is 22.1. The van der Waals surface area contributed by atoms with Gasteiger partial charge in [0.05, 0.1) is 29.6 Å². The van der Waals surface area contributed by atoms with Crippen molar-refractivity contribution >= 4 is 44.9 Å². The van der Waals surface area contributed by atoms with Crippen molar-refractivity contribution in [3.8, 4) is 0 Å². The Hall–Kier alpha value is -2.71. The fourth-order valence-corrected chi connectivity index (χ4v) is 5.78. The average Bonchev–Trinajstić information content (AvgIpc) is 3.05. The van der Waals surface area contributed by atoms with E-state index in [0.29, 0.717) is 24.3 Å². The lowest BCUT2D eigenvalue weighted by molar-refractivity contribution is -0.125. The van der Waals surface area contributed by atoms with Crippen molar-refractivity contribution in [1.82, 2.24) is 4.90 Å². The number of rotatable bonds is 3. The van der Waals surface area contributed by atoms with E-state index in [1.54, 1.807) is 31.2 Å². The highest BCUT2D eigenvalue weighted by Crippen LogP contribution is 2.48. The van der Waals surface area contributed by atoms with Crippen molar-refractivity contribution in [2.24, 2.45) is 10.5 Å². The molecule has 2 aromatic rings. The molecule has 1 spiro atoms. The maximum Gasteiger partial charge on any atom is 0.338 e. The lowest BCUT2D eigenvalue weighted by Gasteiger charge is -2.52. The number of nitrogens with zero attached hydrogens (tertiary/aromatic N) is 4. The molecule has 0 radical (unpaired) electrons. The Morgan fingerprint density at radius 3 is 2.70 bits per heavy atom. The number of piperazine rings is 1. The molecule has 2 aromatic carbocycles. The summed E-state index contributed by atoms with van der Waals surface area (Å²) >= 11 is 3.60. The number of carbonyl (C=O) groups excluding carboxylic acids is 2. The molecule has 8 heteroatoms. The van der Waals surface area contributed by atoms with Crippen molar-refractivity contribution < 1.29 is 14.3 Å². The molecule has 0 N–H and O–H groups in total. The minimum Gasteiger partial charge on any atom is -0.462 e. The van der Waals surface area contributed by atoms with Gasteiger partial charge in [0.15, 0.2) is 0 Å². The Labute approximate surface area is 202 Å². The van der Waals surface area contributed by atoms with Gasteiger partial charge >= 0.3 is 5.97 Å². The Morgan fingerprint density at radius 1 is 1.21 bits per heavy atom. The molecule has 3 aliphatic rings. The summed E-state index contributed by atoms with van der Waals surface area (Å²) in [6, 6.07) is 13.3. The van der Waals surface area contributed by atoms with E-state index < -0.39 is 5.41 Å². The molecule has 0 unspecified atom stereocenters. The number of esters is 1. The fourth-order valence-electron chi connectivity index (χ4n) is 5.37. The molecule has 7 nitrogen and oxygen atoms in total. The fraction of sp³-hybridized carbons (Fsp3) is 0.400. The highest BCUT2D eigenvalue weighted by atomic mass is 79.9. The maximum atomic E-state index is 14.1. The summed E-state index contributed by atoms with van der Waals surface area (Å²) in [6.07, 6.45) is 0.613. The molecule has 0 saturated carbocycles. The smallest absolute Gasteiger partial charge is 0.338 e. The predicted octanol–water partition coefficient (Wildman–Crippen LogP) is 3.71. The van der Waals surface area contributed by atoms with Crippen LogP contribution < -0.4 is 9.91 Å². The van der Waals surface area contributed by atoms with Gasteiger partial charge in [0.25, 0.3) is 5.91 Å². The highest BCUT2D eigenvalue weighted by molar-refractivity contribution is 9.10. The molecule has 0 bridgehead atoms. The summed E-state index contributed by atoms with van der Waals surface area (Å²) in [4.78, 5) is 30.9. The summed E-state index contributed by atoms with van der Waals surface area (Å²) in [7, 11) is 2.11. The van der Waals surface area contributed by atoms with Gasteiger partial charge < -0.3 is 14.5 Å². The first-order valence-electron chi connectivity index (χ1n) is 11.3. The Bertz CT molecular complexity index is 1150. The van der Waals surface area contributed by atoms with Gasteiger partial charge in [-0.3, -0.25) is 4.79 Å². The SMILES string of the molecule is CCOC(=O)c1ccc(N2N=C(C)[C@]3(Cc4cc(Br)ccc4N4CCN(C)C[C@@H]43)C2=O)cc1. The van der Waals surface area contributed by atoms with E-state index in [1.165, 1.54) is 10.7 Å². The normalized spacial score (nSPS) is 24.5. The summed E-state index contributed by atoms with van der Waals surface area (Å²) in [6.45, 7) is 6.68. The molecular weight excluding hydrogens is 484 g/mol. The molecule has 1 amide bonds. The zero-order chi connectivity index (χ0) is 23.3. The lowest BCUT2D eigenvalue weighted by Crippen LogP contribution is -2.66. The standard InChI is InChI=1S/C25H27BrN4O3/c1-4-33-23(31)17-5-8-20(9-6-17)30-24(32)25(16(2)27-30)14-18-13-19(26)7-10-21(18)29-12-11-28(3)15-22(25)29/h5-10,13,22H,4,11-12,14-15H2,1-3H3/t22-,25+/m1/s1. The van der Waals surface area contributed by atoms with Crippen molar-refractivity contribution in [2.45, 2.75) is 26.3 Å². The number of fused-ring (bicyclic) bond motifs is 4. The van der Waals surface area contributed by atoms with Crippen LogP contribution in [0.25, 0.3) is 0 Å². The third-order valence-corrected chi connectivity index (χ3v) is 7.56. The van der Waals surface area contributed by atoms with Crippen molar-refractivity contribution in [3.63, 3.8) is 0 Å². The van der Waals surface area contributed by atoms with Crippen molar-refractivity contribution in [1.29, 1.82) is 0 Å². The van der Waals surface area contributed by atoms with Crippen LogP contribution in [-0.4, -0.2) is 61.8 Å². The second-order valence-electron chi connectivity index (χ2n) is 8.96. The van der Waals surface area contributed by atoms with E-state index in [0.717, 1.165) is 35.4 Å². The number of likely N-dealkylation sites (N-methyl/N-ethyl adjacent to an activating group) is 1. The first-order valence-corrected chi connectivity index (χ1v) is 12.1. The molecule has 0 aliphatic carbocycles. The van der Waals surface area contributed by atoms with Crippen LogP contribution in [0.3, 0.4) is 0 Å². The van der Waals surface area contributed by atoms with Gasteiger partial charge in [0.2, 0.25) is 0 Å². The summed E-state index contributed by atoms with van der Waals surface area (Å²) in [5.74, 6) is -0.386. The van der Waals surface area contributed by atoms with Crippen LogP contribution in [0.1, 0.15) is 29.8 Å². The molecule has 1 fully saturated rings. The minimum atomic E-state index is -0.734. The van der Waals surface area contributed by atoms with Gasteiger partial charge in [-0.05, 0) is 75.3 Å².